The standard InChI is InChI=1S/C15H15NO4/c1-9-10-5-2-3-7-12(10)20-13(9)14(17)16-8-4-6-11(16)15(18)19/h2-3,5,7,11H,4,6,8H2,1H3,(H,18,19)/t11-/m1/s1. The van der Waals surface area contributed by atoms with E-state index in [0.717, 1.165) is 10.9 Å². The van der Waals surface area contributed by atoms with Crippen LogP contribution in [0, 0.1) is 6.92 Å². The molecule has 1 aliphatic rings. The van der Waals surface area contributed by atoms with Crippen LogP contribution in [0.2, 0.25) is 0 Å². The molecule has 2 heterocycles. The van der Waals surface area contributed by atoms with E-state index in [1.54, 1.807) is 6.07 Å². The van der Waals surface area contributed by atoms with Gasteiger partial charge in [-0.25, -0.2) is 4.79 Å². The largest absolute Gasteiger partial charge is 0.480 e. The molecule has 1 amide bonds. The van der Waals surface area contributed by atoms with Crippen molar-refractivity contribution in [2.45, 2.75) is 25.8 Å². The minimum Gasteiger partial charge on any atom is -0.480 e. The van der Waals surface area contributed by atoms with Crippen molar-refractivity contribution in [3.05, 3.63) is 35.6 Å². The summed E-state index contributed by atoms with van der Waals surface area (Å²) in [4.78, 5) is 25.1. The molecule has 1 aliphatic heterocycles. The van der Waals surface area contributed by atoms with Crippen molar-refractivity contribution in [2.24, 2.45) is 0 Å². The van der Waals surface area contributed by atoms with E-state index in [9.17, 15) is 9.59 Å². The lowest BCUT2D eigenvalue weighted by molar-refractivity contribution is -0.141. The van der Waals surface area contributed by atoms with Gasteiger partial charge in [0.2, 0.25) is 0 Å². The highest BCUT2D eigenvalue weighted by Crippen LogP contribution is 2.28. The normalized spacial score (nSPS) is 18.6. The summed E-state index contributed by atoms with van der Waals surface area (Å²) in [5, 5.41) is 10.1. The fraction of sp³-hybridized carbons (Fsp3) is 0.333. The van der Waals surface area contributed by atoms with Crippen LogP contribution in [0.3, 0.4) is 0 Å². The molecule has 0 saturated carbocycles. The Morgan fingerprint density at radius 2 is 2.10 bits per heavy atom. The minimum atomic E-state index is -0.954. The summed E-state index contributed by atoms with van der Waals surface area (Å²) >= 11 is 0. The van der Waals surface area contributed by atoms with Crippen LogP contribution in [0.25, 0.3) is 11.0 Å². The number of rotatable bonds is 2. The number of benzene rings is 1. The summed E-state index contributed by atoms with van der Waals surface area (Å²) in [7, 11) is 0. The molecule has 1 fully saturated rings. The number of aliphatic carboxylic acids is 1. The summed E-state index contributed by atoms with van der Waals surface area (Å²) in [6, 6.07) is 6.68. The number of carboxylic acid groups (broad SMARTS) is 1. The van der Waals surface area contributed by atoms with Gasteiger partial charge in [0.1, 0.15) is 11.6 Å². The minimum absolute atomic E-state index is 0.249. The first-order valence-electron chi connectivity index (χ1n) is 6.61. The Morgan fingerprint density at radius 3 is 2.80 bits per heavy atom. The van der Waals surface area contributed by atoms with Crippen molar-refractivity contribution >= 4 is 22.8 Å². The summed E-state index contributed by atoms with van der Waals surface area (Å²) in [5.74, 6) is -1.03. The quantitative estimate of drug-likeness (QED) is 0.912. The zero-order valence-corrected chi connectivity index (χ0v) is 11.1. The number of furan rings is 1. The third-order valence-electron chi connectivity index (χ3n) is 3.84. The van der Waals surface area contributed by atoms with Crippen LogP contribution in [-0.4, -0.2) is 34.5 Å². The van der Waals surface area contributed by atoms with Gasteiger partial charge in [-0.3, -0.25) is 4.79 Å². The number of nitrogens with zero attached hydrogens (tertiary/aromatic N) is 1. The molecule has 1 aromatic heterocycles. The van der Waals surface area contributed by atoms with Crippen molar-refractivity contribution in [3.63, 3.8) is 0 Å². The molecule has 0 radical (unpaired) electrons. The van der Waals surface area contributed by atoms with Gasteiger partial charge in [-0.05, 0) is 25.8 Å². The zero-order valence-electron chi connectivity index (χ0n) is 11.1. The van der Waals surface area contributed by atoms with Gasteiger partial charge in [-0.2, -0.15) is 0 Å². The van der Waals surface area contributed by atoms with Crippen LogP contribution in [0.5, 0.6) is 0 Å². The van der Waals surface area contributed by atoms with Crippen molar-refractivity contribution < 1.29 is 19.1 Å². The van der Waals surface area contributed by atoms with E-state index in [4.69, 9.17) is 9.52 Å². The highest BCUT2D eigenvalue weighted by Gasteiger charge is 2.36. The summed E-state index contributed by atoms with van der Waals surface area (Å²) in [5.41, 5.74) is 1.42. The monoisotopic (exact) mass is 273 g/mol. The summed E-state index contributed by atoms with van der Waals surface area (Å²) in [6.07, 6.45) is 1.21. The molecule has 0 aliphatic carbocycles. The summed E-state index contributed by atoms with van der Waals surface area (Å²) in [6.45, 7) is 2.29. The molecule has 5 heteroatoms. The average Bonchev–Trinajstić information content (AvgIpc) is 3.04. The van der Waals surface area contributed by atoms with Crippen LogP contribution in [0.1, 0.15) is 29.0 Å². The topological polar surface area (TPSA) is 70.8 Å². The van der Waals surface area contributed by atoms with Gasteiger partial charge in [0.25, 0.3) is 5.91 Å². The lowest BCUT2D eigenvalue weighted by atomic mass is 10.1. The molecule has 0 unspecified atom stereocenters. The average molecular weight is 273 g/mol. The number of hydrogen-bond donors (Lipinski definition) is 1. The molecule has 0 bridgehead atoms. The Labute approximate surface area is 115 Å². The predicted molar refractivity (Wildman–Crippen MR) is 72.6 cm³/mol. The number of carbonyl (C=O) groups excluding carboxylic acids is 1. The van der Waals surface area contributed by atoms with Gasteiger partial charge in [0.15, 0.2) is 5.76 Å². The first-order chi connectivity index (χ1) is 9.59. The molecule has 1 atom stereocenters. The molecule has 2 aromatic rings. The fourth-order valence-corrected chi connectivity index (χ4v) is 2.78. The fourth-order valence-electron chi connectivity index (χ4n) is 2.78. The summed E-state index contributed by atoms with van der Waals surface area (Å²) < 4.78 is 5.62. The molecule has 0 spiro atoms. The van der Waals surface area contributed by atoms with Crippen LogP contribution in [0.4, 0.5) is 0 Å². The zero-order chi connectivity index (χ0) is 14.3. The Balaban J connectivity index is 2.00. The first-order valence-corrected chi connectivity index (χ1v) is 6.61. The third-order valence-corrected chi connectivity index (χ3v) is 3.84. The lowest BCUT2D eigenvalue weighted by Crippen LogP contribution is -2.40. The molecule has 5 nitrogen and oxygen atoms in total. The molecular weight excluding hydrogens is 258 g/mol. The maximum atomic E-state index is 12.5. The van der Waals surface area contributed by atoms with Gasteiger partial charge in [0, 0.05) is 17.5 Å². The molecule has 1 aromatic carbocycles. The van der Waals surface area contributed by atoms with Crippen molar-refractivity contribution in [1.29, 1.82) is 0 Å². The van der Waals surface area contributed by atoms with Gasteiger partial charge in [-0.1, -0.05) is 18.2 Å². The molecular formula is C15H15NO4. The Morgan fingerprint density at radius 1 is 1.35 bits per heavy atom. The second-order valence-corrected chi connectivity index (χ2v) is 5.05. The van der Waals surface area contributed by atoms with Crippen molar-refractivity contribution in [1.82, 2.24) is 4.90 Å². The first kappa shape index (κ1) is 12.7. The Bertz CT molecular complexity index is 688. The number of fused-ring (bicyclic) bond motifs is 1. The molecule has 104 valence electrons. The molecule has 3 rings (SSSR count). The van der Waals surface area contributed by atoms with Crippen molar-refractivity contribution in [2.75, 3.05) is 6.54 Å². The van der Waals surface area contributed by atoms with E-state index in [2.05, 4.69) is 0 Å². The number of likely N-dealkylation sites (tertiary alicyclic amines) is 1. The predicted octanol–water partition coefficient (Wildman–Crippen LogP) is 2.43. The Kier molecular flexibility index (Phi) is 2.97. The molecule has 1 N–H and O–H groups in total. The SMILES string of the molecule is Cc1c(C(=O)N2CCC[C@@H]2C(=O)O)oc2ccccc12. The molecule has 1 saturated heterocycles. The number of carboxylic acids is 1. The van der Waals surface area contributed by atoms with Gasteiger partial charge >= 0.3 is 5.97 Å². The number of amides is 1. The highest BCUT2D eigenvalue weighted by molar-refractivity contribution is 6.00. The van der Waals surface area contributed by atoms with Gasteiger partial charge in [0.05, 0.1) is 0 Å². The second kappa shape index (κ2) is 4.67. The van der Waals surface area contributed by atoms with Gasteiger partial charge in [-0.15, -0.1) is 0 Å². The number of hydrogen-bond acceptors (Lipinski definition) is 3. The van der Waals surface area contributed by atoms with Crippen LogP contribution in [-0.2, 0) is 4.79 Å². The van der Waals surface area contributed by atoms with E-state index >= 15 is 0 Å². The second-order valence-electron chi connectivity index (χ2n) is 5.05. The van der Waals surface area contributed by atoms with E-state index in [-0.39, 0.29) is 11.7 Å². The third kappa shape index (κ3) is 1.86. The maximum absolute atomic E-state index is 12.5. The van der Waals surface area contributed by atoms with E-state index in [1.165, 1.54) is 4.90 Å². The highest BCUT2D eigenvalue weighted by atomic mass is 16.4. The van der Waals surface area contributed by atoms with E-state index in [0.29, 0.717) is 25.0 Å². The number of para-hydroxylation sites is 1. The van der Waals surface area contributed by atoms with Crippen molar-refractivity contribution in [3.8, 4) is 0 Å². The maximum Gasteiger partial charge on any atom is 0.326 e. The van der Waals surface area contributed by atoms with Crippen LogP contribution < -0.4 is 0 Å². The smallest absolute Gasteiger partial charge is 0.326 e. The van der Waals surface area contributed by atoms with Gasteiger partial charge < -0.3 is 14.4 Å². The van der Waals surface area contributed by atoms with E-state index < -0.39 is 12.0 Å². The van der Waals surface area contributed by atoms with Crippen LogP contribution >= 0.6 is 0 Å². The number of carbonyl (C=O) groups is 2. The van der Waals surface area contributed by atoms with E-state index in [1.807, 2.05) is 25.1 Å². The molecule has 20 heavy (non-hydrogen) atoms. The van der Waals surface area contributed by atoms with Crippen LogP contribution in [0.15, 0.2) is 28.7 Å². The lowest BCUT2D eigenvalue weighted by Gasteiger charge is -2.20. The number of aryl methyl sites for hydroxylation is 1. The Hall–Kier alpha value is -2.30.